The summed E-state index contributed by atoms with van der Waals surface area (Å²) in [4.78, 5) is 18.3. The van der Waals surface area contributed by atoms with Crippen LogP contribution in [0, 0.1) is 5.92 Å². The number of hydrogen-bond acceptors (Lipinski definition) is 3. The Bertz CT molecular complexity index is 626. The average molecular weight is 321 g/mol. The van der Waals surface area contributed by atoms with Gasteiger partial charge in [-0.05, 0) is 25.5 Å². The summed E-state index contributed by atoms with van der Waals surface area (Å²) in [5, 5.41) is 4.61. The van der Waals surface area contributed by atoms with Crippen LogP contribution in [0.1, 0.15) is 33.6 Å². The van der Waals surface area contributed by atoms with Gasteiger partial charge in [0.25, 0.3) is 0 Å². The highest BCUT2D eigenvalue weighted by molar-refractivity contribution is 6.32. The lowest BCUT2D eigenvalue weighted by molar-refractivity contribution is -0.122. The van der Waals surface area contributed by atoms with Crippen LogP contribution in [0.4, 0.5) is 5.69 Å². The first-order valence-corrected chi connectivity index (χ1v) is 7.93. The summed E-state index contributed by atoms with van der Waals surface area (Å²) in [6, 6.07) is 3.72. The summed E-state index contributed by atoms with van der Waals surface area (Å²) < 4.78 is 1.64. The van der Waals surface area contributed by atoms with E-state index in [-0.39, 0.29) is 11.8 Å². The van der Waals surface area contributed by atoms with Gasteiger partial charge in [0.1, 0.15) is 5.69 Å². The molecule has 22 heavy (non-hydrogen) atoms. The Morgan fingerprint density at radius 1 is 1.45 bits per heavy atom. The molecule has 0 aliphatic carbocycles. The first-order chi connectivity index (χ1) is 10.6. The van der Waals surface area contributed by atoms with Gasteiger partial charge in [-0.1, -0.05) is 31.9 Å². The number of amides is 1. The Morgan fingerprint density at radius 3 is 2.82 bits per heavy atom. The van der Waals surface area contributed by atoms with Crippen molar-refractivity contribution >= 4 is 23.2 Å². The highest BCUT2D eigenvalue weighted by Crippen LogP contribution is 2.27. The van der Waals surface area contributed by atoms with Crippen molar-refractivity contribution in [3.8, 4) is 5.69 Å². The number of carbonyl (C=O) groups excluding carboxylic acids is 1. The van der Waals surface area contributed by atoms with Crippen molar-refractivity contribution in [2.45, 2.75) is 33.6 Å². The molecule has 0 radical (unpaired) electrons. The Labute approximate surface area is 135 Å². The molecule has 1 amide bonds. The topological polar surface area (TPSA) is 51.0 Å². The third-order valence-electron chi connectivity index (χ3n) is 3.58. The number of aromatic nitrogens is 3. The van der Waals surface area contributed by atoms with Gasteiger partial charge in [0.15, 0.2) is 5.15 Å². The maximum atomic E-state index is 12.6. The largest absolute Gasteiger partial charge is 0.308 e. The molecular weight excluding hydrogens is 300 g/mol. The lowest BCUT2D eigenvalue weighted by Gasteiger charge is -2.23. The van der Waals surface area contributed by atoms with Crippen LogP contribution >= 0.6 is 11.6 Å². The second-order valence-corrected chi connectivity index (χ2v) is 5.59. The molecule has 2 rings (SSSR count). The number of nitrogens with zero attached hydrogens (tertiary/aromatic N) is 4. The van der Waals surface area contributed by atoms with Crippen molar-refractivity contribution in [2.24, 2.45) is 5.92 Å². The van der Waals surface area contributed by atoms with Crippen LogP contribution < -0.4 is 4.90 Å². The fraction of sp³-hybridized carbons (Fsp3) is 0.438. The van der Waals surface area contributed by atoms with Gasteiger partial charge in [0, 0.05) is 18.7 Å². The van der Waals surface area contributed by atoms with Gasteiger partial charge < -0.3 is 4.90 Å². The zero-order valence-corrected chi connectivity index (χ0v) is 13.9. The molecule has 2 aromatic rings. The zero-order valence-electron chi connectivity index (χ0n) is 13.2. The SMILES string of the molecule is CCC[C@H](C)C(=O)N(CC)c1cn(-c2cccnc2)nc1Cl. The van der Waals surface area contributed by atoms with E-state index in [9.17, 15) is 4.79 Å². The van der Waals surface area contributed by atoms with Gasteiger partial charge in [-0.3, -0.25) is 9.78 Å². The number of halogens is 1. The first-order valence-electron chi connectivity index (χ1n) is 7.55. The Kier molecular flexibility index (Phi) is 5.55. The molecule has 0 N–H and O–H groups in total. The van der Waals surface area contributed by atoms with Gasteiger partial charge in [-0.25, -0.2) is 4.68 Å². The summed E-state index contributed by atoms with van der Waals surface area (Å²) in [5.74, 6) is 0.0553. The van der Waals surface area contributed by atoms with E-state index in [1.54, 1.807) is 28.2 Å². The molecule has 0 aliphatic rings. The van der Waals surface area contributed by atoms with Crippen molar-refractivity contribution < 1.29 is 4.79 Å². The van der Waals surface area contributed by atoms with E-state index in [0.717, 1.165) is 18.5 Å². The number of rotatable bonds is 6. The van der Waals surface area contributed by atoms with Gasteiger partial charge in [-0.15, -0.1) is 0 Å². The summed E-state index contributed by atoms with van der Waals surface area (Å²) >= 11 is 6.25. The Hall–Kier alpha value is -1.88. The number of pyridine rings is 1. The molecule has 0 bridgehead atoms. The molecule has 0 aliphatic heterocycles. The minimum absolute atomic E-state index is 0.0252. The fourth-order valence-electron chi connectivity index (χ4n) is 2.41. The van der Waals surface area contributed by atoms with E-state index < -0.39 is 0 Å². The van der Waals surface area contributed by atoms with E-state index in [0.29, 0.717) is 17.4 Å². The normalized spacial score (nSPS) is 12.2. The van der Waals surface area contributed by atoms with E-state index in [1.165, 1.54) is 0 Å². The van der Waals surface area contributed by atoms with Crippen LogP contribution in [0.2, 0.25) is 5.15 Å². The van der Waals surface area contributed by atoms with Crippen LogP contribution in [-0.4, -0.2) is 27.2 Å². The highest BCUT2D eigenvalue weighted by Gasteiger charge is 2.24. The van der Waals surface area contributed by atoms with Crippen LogP contribution in [0.25, 0.3) is 5.69 Å². The van der Waals surface area contributed by atoms with Crippen LogP contribution in [0.3, 0.4) is 0 Å². The second-order valence-electron chi connectivity index (χ2n) is 5.23. The predicted molar refractivity (Wildman–Crippen MR) is 88.5 cm³/mol. The van der Waals surface area contributed by atoms with Crippen molar-refractivity contribution in [3.63, 3.8) is 0 Å². The lowest BCUT2D eigenvalue weighted by Crippen LogP contribution is -2.35. The maximum absolute atomic E-state index is 12.6. The summed E-state index contributed by atoms with van der Waals surface area (Å²) in [6.07, 6.45) is 7.02. The van der Waals surface area contributed by atoms with Gasteiger partial charge in [0.05, 0.1) is 18.1 Å². The monoisotopic (exact) mass is 320 g/mol. The summed E-state index contributed by atoms with van der Waals surface area (Å²) in [6.45, 7) is 6.53. The lowest BCUT2D eigenvalue weighted by atomic mass is 10.0. The van der Waals surface area contributed by atoms with E-state index in [4.69, 9.17) is 11.6 Å². The molecular formula is C16H21ClN4O. The molecule has 1 atom stereocenters. The van der Waals surface area contributed by atoms with Crippen molar-refractivity contribution in [1.29, 1.82) is 0 Å². The highest BCUT2D eigenvalue weighted by atomic mass is 35.5. The van der Waals surface area contributed by atoms with E-state index in [2.05, 4.69) is 17.0 Å². The quantitative estimate of drug-likeness (QED) is 0.815. The fourth-order valence-corrected chi connectivity index (χ4v) is 2.65. The molecule has 0 aromatic carbocycles. The zero-order chi connectivity index (χ0) is 16.1. The smallest absolute Gasteiger partial charge is 0.229 e. The van der Waals surface area contributed by atoms with Gasteiger partial charge in [0.2, 0.25) is 5.91 Å². The Morgan fingerprint density at radius 2 is 2.23 bits per heavy atom. The molecule has 2 aromatic heterocycles. The van der Waals surface area contributed by atoms with Crippen LogP contribution in [0.15, 0.2) is 30.7 Å². The number of carbonyl (C=O) groups is 1. The molecule has 0 unspecified atom stereocenters. The van der Waals surface area contributed by atoms with Crippen molar-refractivity contribution in [1.82, 2.24) is 14.8 Å². The average Bonchev–Trinajstić information content (AvgIpc) is 2.91. The minimum atomic E-state index is -0.0252. The molecule has 0 saturated heterocycles. The molecule has 2 heterocycles. The van der Waals surface area contributed by atoms with Crippen molar-refractivity contribution in [2.75, 3.05) is 11.4 Å². The molecule has 118 valence electrons. The summed E-state index contributed by atoms with van der Waals surface area (Å²) in [5.41, 5.74) is 1.45. The van der Waals surface area contributed by atoms with Crippen LogP contribution in [-0.2, 0) is 4.79 Å². The van der Waals surface area contributed by atoms with Crippen molar-refractivity contribution in [3.05, 3.63) is 35.9 Å². The third kappa shape index (κ3) is 3.47. The predicted octanol–water partition coefficient (Wildman–Crippen LogP) is 3.71. The molecule has 0 saturated carbocycles. The maximum Gasteiger partial charge on any atom is 0.229 e. The number of hydrogen-bond donors (Lipinski definition) is 0. The first kappa shape index (κ1) is 16.5. The summed E-state index contributed by atoms with van der Waals surface area (Å²) in [7, 11) is 0. The minimum Gasteiger partial charge on any atom is -0.308 e. The Balaban J connectivity index is 2.31. The third-order valence-corrected chi connectivity index (χ3v) is 3.85. The molecule has 0 fully saturated rings. The second kappa shape index (κ2) is 7.40. The van der Waals surface area contributed by atoms with Gasteiger partial charge in [-0.2, -0.15) is 5.10 Å². The standard InChI is InChI=1S/C16H21ClN4O/c1-4-7-12(3)16(22)20(5-2)14-11-21(19-15(14)17)13-8-6-9-18-10-13/h6,8-12H,4-5,7H2,1-3H3/t12-/m0/s1. The van der Waals surface area contributed by atoms with Gasteiger partial charge >= 0.3 is 0 Å². The molecule has 6 heteroatoms. The number of anilines is 1. The molecule has 5 nitrogen and oxygen atoms in total. The molecule has 0 spiro atoms. The van der Waals surface area contributed by atoms with E-state index in [1.807, 2.05) is 26.0 Å². The van der Waals surface area contributed by atoms with E-state index >= 15 is 0 Å². The van der Waals surface area contributed by atoms with Crippen LogP contribution in [0.5, 0.6) is 0 Å².